The molecule has 2 aromatic carbocycles. The number of rotatable bonds is 9. The van der Waals surface area contributed by atoms with E-state index in [-0.39, 0.29) is 30.6 Å². The quantitative estimate of drug-likeness (QED) is 0.257. The van der Waals surface area contributed by atoms with Crippen molar-refractivity contribution in [1.29, 1.82) is 0 Å². The van der Waals surface area contributed by atoms with Crippen LogP contribution >= 0.6 is 46.3 Å². The molecule has 15 heteroatoms. The van der Waals surface area contributed by atoms with E-state index >= 15 is 0 Å². The fraction of sp³-hybridized carbons (Fsp3) is 0.286. The van der Waals surface area contributed by atoms with Crippen molar-refractivity contribution in [2.24, 2.45) is 0 Å². The van der Waals surface area contributed by atoms with E-state index in [0.717, 1.165) is 25.3 Å². The highest BCUT2D eigenvalue weighted by Crippen LogP contribution is 2.47. The van der Waals surface area contributed by atoms with Gasteiger partial charge in [0.1, 0.15) is 9.72 Å². The number of aromatic nitrogens is 1. The summed E-state index contributed by atoms with van der Waals surface area (Å²) in [5.41, 5.74) is 1.60. The maximum atomic E-state index is 11.3. The van der Waals surface area contributed by atoms with Crippen LogP contribution in [0.3, 0.4) is 0 Å². The third kappa shape index (κ3) is 6.91. The normalized spacial score (nSPS) is 14.9. The van der Waals surface area contributed by atoms with Crippen LogP contribution in [0.2, 0.25) is 10.0 Å². The molecule has 196 valence electrons. The fourth-order valence-electron chi connectivity index (χ4n) is 3.77. The van der Waals surface area contributed by atoms with Crippen molar-refractivity contribution >= 4 is 88.5 Å². The smallest absolute Gasteiger partial charge is 0.265 e. The summed E-state index contributed by atoms with van der Waals surface area (Å²) in [4.78, 5) is 3.00. The number of benzene rings is 2. The second-order valence-corrected chi connectivity index (χ2v) is 13.8. The van der Waals surface area contributed by atoms with Gasteiger partial charge in [0.2, 0.25) is 5.52 Å². The molecule has 0 amide bonds. The second kappa shape index (κ2) is 11.5. The van der Waals surface area contributed by atoms with E-state index in [4.69, 9.17) is 32.3 Å². The predicted octanol–water partition coefficient (Wildman–Crippen LogP) is 4.79. The molecule has 2 heterocycles. The van der Waals surface area contributed by atoms with Crippen molar-refractivity contribution in [3.05, 3.63) is 56.5 Å². The Hall–Kier alpha value is -1.42. The van der Waals surface area contributed by atoms with Gasteiger partial charge in [-0.1, -0.05) is 58.4 Å². The molecule has 9 nitrogen and oxygen atoms in total. The summed E-state index contributed by atoms with van der Waals surface area (Å²) in [5.74, 6) is -0.746. The minimum atomic E-state index is -4.12. The zero-order valence-corrected chi connectivity index (χ0v) is 23.3. The van der Waals surface area contributed by atoms with Crippen molar-refractivity contribution in [2.45, 2.75) is 24.3 Å². The van der Waals surface area contributed by atoms with Gasteiger partial charge in [-0.2, -0.15) is 21.4 Å². The van der Waals surface area contributed by atoms with Gasteiger partial charge in [0.05, 0.1) is 33.3 Å². The minimum Gasteiger partial charge on any atom is -0.870 e. The summed E-state index contributed by atoms with van der Waals surface area (Å²) in [5, 5.41) is 2.35. The van der Waals surface area contributed by atoms with Crippen molar-refractivity contribution in [1.82, 2.24) is 0 Å². The molecule has 4 rings (SSSR count). The molecule has 36 heavy (non-hydrogen) atoms. The molecule has 3 N–H and O–H groups in total. The monoisotopic (exact) mass is 612 g/mol. The van der Waals surface area contributed by atoms with Crippen LogP contribution in [0.4, 0.5) is 5.69 Å². The molecule has 0 bridgehead atoms. The molecule has 0 fully saturated rings. The Bertz CT molecular complexity index is 1520. The van der Waals surface area contributed by atoms with E-state index in [1.165, 1.54) is 23.1 Å². The van der Waals surface area contributed by atoms with Gasteiger partial charge in [-0.15, -0.1) is 0 Å². The summed E-state index contributed by atoms with van der Waals surface area (Å²) < 4.78 is 66.0. The first-order chi connectivity index (χ1) is 16.4. The molecule has 0 atom stereocenters. The molecule has 1 aromatic heterocycles. The van der Waals surface area contributed by atoms with Crippen LogP contribution in [-0.4, -0.2) is 49.5 Å². The summed E-state index contributed by atoms with van der Waals surface area (Å²) in [6, 6.07) is 11.3. The number of halogens is 2. The molecule has 0 saturated heterocycles. The minimum absolute atomic E-state index is 0. The zero-order valence-electron chi connectivity index (χ0n) is 18.5. The van der Waals surface area contributed by atoms with Gasteiger partial charge in [0, 0.05) is 17.9 Å². The number of hydrogen-bond acceptors (Lipinski definition) is 8. The summed E-state index contributed by atoms with van der Waals surface area (Å²) in [7, 11) is -8.19. The molecule has 1 aliphatic heterocycles. The van der Waals surface area contributed by atoms with Crippen LogP contribution in [0.25, 0.3) is 16.3 Å². The lowest BCUT2D eigenvalue weighted by molar-refractivity contribution is -0.668. The largest absolute Gasteiger partial charge is 0.870 e. The molecule has 3 aromatic rings. The van der Waals surface area contributed by atoms with Crippen molar-refractivity contribution < 1.29 is 36.0 Å². The third-order valence-electron chi connectivity index (χ3n) is 5.23. The van der Waals surface area contributed by atoms with E-state index in [2.05, 4.69) is 0 Å². The second-order valence-electron chi connectivity index (χ2n) is 7.78. The highest BCUT2D eigenvalue weighted by Gasteiger charge is 2.29. The molecule has 0 saturated carbocycles. The number of thioether (sulfide) groups is 1. The Morgan fingerprint density at radius 3 is 2.33 bits per heavy atom. The first-order valence-corrected chi connectivity index (χ1v) is 16.0. The van der Waals surface area contributed by atoms with Crippen LogP contribution in [-0.2, 0) is 26.8 Å². The summed E-state index contributed by atoms with van der Waals surface area (Å²) in [6.07, 6.45) is 2.34. The molecular weight excluding hydrogens is 591 g/mol. The van der Waals surface area contributed by atoms with E-state index in [1.807, 2.05) is 45.9 Å². The Morgan fingerprint density at radius 2 is 1.64 bits per heavy atom. The van der Waals surface area contributed by atoms with Crippen LogP contribution in [0.15, 0.2) is 46.3 Å². The summed E-state index contributed by atoms with van der Waals surface area (Å²) >= 11 is 15.7. The topological polar surface area (TPSA) is 146 Å². The number of thiazole rings is 1. The third-order valence-corrected chi connectivity index (χ3v) is 9.85. The lowest BCUT2D eigenvalue weighted by Gasteiger charge is -2.19. The maximum absolute atomic E-state index is 11.3. The van der Waals surface area contributed by atoms with Crippen LogP contribution in [0, 0.1) is 0 Å². The average Bonchev–Trinajstić information content (AvgIpc) is 3.28. The average molecular weight is 614 g/mol. The van der Waals surface area contributed by atoms with Gasteiger partial charge in [0.25, 0.3) is 25.2 Å². The summed E-state index contributed by atoms with van der Waals surface area (Å²) in [6.45, 7) is 0.648. The molecule has 1 aliphatic rings. The van der Waals surface area contributed by atoms with Crippen molar-refractivity contribution in [3.63, 3.8) is 0 Å². The van der Waals surface area contributed by atoms with Crippen molar-refractivity contribution in [2.75, 3.05) is 23.0 Å². The Labute approximate surface area is 227 Å². The van der Waals surface area contributed by atoms with E-state index in [9.17, 15) is 16.8 Å². The van der Waals surface area contributed by atoms with Crippen LogP contribution in [0.5, 0.6) is 0 Å². The maximum Gasteiger partial charge on any atom is 0.265 e. The Morgan fingerprint density at radius 1 is 0.972 bits per heavy atom. The molecule has 0 unspecified atom stereocenters. The fourth-order valence-corrected chi connectivity index (χ4v) is 7.57. The molecule has 0 aliphatic carbocycles. The SMILES string of the molecule is O=S(=O)(O)CCCN1C(=Cc2sc3ccc(Cl)c(Cl)c3[n+]2CCCS(=O)(=O)O)Sc2ccccc21.[OH-]. The standard InChI is InChI=1S/C21H20Cl2N2O6S4.H2O/c22-14-7-8-17-21(20(14)23)25(10-4-12-35(29,30)31)19(33-17)13-18-24(9-3-11-34(26,27)28)15-5-1-2-6-16(15)32-18;/h1-2,5-8,13H,3-4,9-12H2,(H-,26,27,28,29,30,31);1H2. The van der Waals surface area contributed by atoms with Gasteiger partial charge < -0.3 is 10.4 Å². The van der Waals surface area contributed by atoms with Crippen LogP contribution < -0.4 is 9.47 Å². The first-order valence-electron chi connectivity index (χ1n) is 10.4. The lowest BCUT2D eigenvalue weighted by atomic mass is 10.3. The van der Waals surface area contributed by atoms with Gasteiger partial charge >= 0.3 is 0 Å². The van der Waals surface area contributed by atoms with Crippen molar-refractivity contribution in [3.8, 4) is 0 Å². The number of fused-ring (bicyclic) bond motifs is 2. The first kappa shape index (κ1) is 29.1. The van der Waals surface area contributed by atoms with E-state index in [1.54, 1.807) is 6.07 Å². The number of para-hydroxylation sites is 1. The highest BCUT2D eigenvalue weighted by molar-refractivity contribution is 8.04. The number of hydrogen-bond donors (Lipinski definition) is 2. The predicted molar refractivity (Wildman–Crippen MR) is 144 cm³/mol. The van der Waals surface area contributed by atoms with Gasteiger partial charge in [0.15, 0.2) is 6.54 Å². The molecule has 0 spiro atoms. The number of anilines is 1. The van der Waals surface area contributed by atoms with Crippen LogP contribution in [0.1, 0.15) is 17.8 Å². The van der Waals surface area contributed by atoms with Gasteiger partial charge in [-0.3, -0.25) is 9.11 Å². The molecular formula is C21H22Cl2N2O7S4. The van der Waals surface area contributed by atoms with Gasteiger partial charge in [-0.05, 0) is 30.7 Å². The number of aryl methyl sites for hydroxylation is 1. The van der Waals surface area contributed by atoms with E-state index in [0.29, 0.717) is 22.1 Å². The van der Waals surface area contributed by atoms with E-state index < -0.39 is 26.0 Å². The Kier molecular flexibility index (Phi) is 9.34. The Balaban J connectivity index is 0.00000361. The highest BCUT2D eigenvalue weighted by atomic mass is 35.5. The van der Waals surface area contributed by atoms with Gasteiger partial charge in [-0.25, -0.2) is 0 Å². The number of nitrogens with zero attached hydrogens (tertiary/aromatic N) is 2. The molecule has 0 radical (unpaired) electrons. The zero-order chi connectivity index (χ0) is 25.4. The lowest BCUT2D eigenvalue weighted by Crippen LogP contribution is -2.36.